The summed E-state index contributed by atoms with van der Waals surface area (Å²) in [7, 11) is 1.79. The summed E-state index contributed by atoms with van der Waals surface area (Å²) in [5.41, 5.74) is 5.69. The molecule has 4 nitrogen and oxygen atoms in total. The molecule has 1 rings (SSSR count). The molecular weight excluding hydrogens is 216 g/mol. The molecule has 1 aliphatic heterocycles. The molecule has 1 heterocycles. The summed E-state index contributed by atoms with van der Waals surface area (Å²) in [6, 6.07) is 0. The molecule has 0 amide bonds. The molecule has 0 spiro atoms. The van der Waals surface area contributed by atoms with Gasteiger partial charge >= 0.3 is 0 Å². The molecule has 0 radical (unpaired) electrons. The van der Waals surface area contributed by atoms with Gasteiger partial charge in [0.05, 0.1) is 12.7 Å². The van der Waals surface area contributed by atoms with E-state index in [1.807, 2.05) is 6.92 Å². The number of hydrogen-bond donors (Lipinski definition) is 2. The Morgan fingerprint density at radius 2 is 2.29 bits per heavy atom. The number of piperidine rings is 1. The first-order valence-corrected chi connectivity index (χ1v) is 6.78. The Kier molecular flexibility index (Phi) is 6.41. The number of rotatable bonds is 7. The number of nitrogens with zero attached hydrogens (tertiary/aromatic N) is 1. The molecule has 0 aromatic rings. The van der Waals surface area contributed by atoms with Crippen LogP contribution in [0.15, 0.2) is 0 Å². The van der Waals surface area contributed by atoms with Crippen molar-refractivity contribution in [3.63, 3.8) is 0 Å². The molecule has 0 aromatic carbocycles. The smallest absolute Gasteiger partial charge is 0.0698 e. The minimum atomic E-state index is -0.379. The van der Waals surface area contributed by atoms with E-state index in [4.69, 9.17) is 10.5 Å². The minimum absolute atomic E-state index is 0.0875. The Morgan fingerprint density at radius 3 is 2.88 bits per heavy atom. The van der Waals surface area contributed by atoms with Gasteiger partial charge in [0.25, 0.3) is 0 Å². The first-order valence-electron chi connectivity index (χ1n) is 6.78. The van der Waals surface area contributed by atoms with Crippen molar-refractivity contribution in [1.29, 1.82) is 0 Å². The van der Waals surface area contributed by atoms with Crippen LogP contribution in [-0.2, 0) is 4.74 Å². The second-order valence-corrected chi connectivity index (χ2v) is 5.28. The quantitative estimate of drug-likeness (QED) is 0.701. The van der Waals surface area contributed by atoms with E-state index in [0.29, 0.717) is 6.10 Å². The fourth-order valence-corrected chi connectivity index (χ4v) is 2.43. The van der Waals surface area contributed by atoms with Gasteiger partial charge in [-0.1, -0.05) is 6.92 Å². The first kappa shape index (κ1) is 14.9. The molecule has 1 saturated heterocycles. The van der Waals surface area contributed by atoms with Crippen molar-refractivity contribution in [2.24, 2.45) is 5.73 Å². The van der Waals surface area contributed by atoms with Crippen LogP contribution >= 0.6 is 0 Å². The molecule has 17 heavy (non-hydrogen) atoms. The lowest BCUT2D eigenvalue weighted by Crippen LogP contribution is -2.44. The number of aliphatic hydroxyl groups is 1. The van der Waals surface area contributed by atoms with Crippen LogP contribution in [0.25, 0.3) is 0 Å². The number of methoxy groups -OCH3 is 1. The Balaban J connectivity index is 2.21. The van der Waals surface area contributed by atoms with Gasteiger partial charge in [-0.25, -0.2) is 0 Å². The molecule has 1 aliphatic rings. The van der Waals surface area contributed by atoms with E-state index >= 15 is 0 Å². The summed E-state index contributed by atoms with van der Waals surface area (Å²) in [6.07, 6.45) is 5.59. The zero-order chi connectivity index (χ0) is 12.7. The third-order valence-corrected chi connectivity index (χ3v) is 3.96. The van der Waals surface area contributed by atoms with Crippen molar-refractivity contribution in [2.75, 3.05) is 33.4 Å². The van der Waals surface area contributed by atoms with Crippen LogP contribution < -0.4 is 5.73 Å². The lowest BCUT2D eigenvalue weighted by molar-refractivity contribution is 0.0299. The highest BCUT2D eigenvalue weighted by Crippen LogP contribution is 2.16. The number of hydrogen-bond acceptors (Lipinski definition) is 4. The van der Waals surface area contributed by atoms with E-state index in [1.165, 1.54) is 19.4 Å². The van der Waals surface area contributed by atoms with E-state index in [-0.39, 0.29) is 12.1 Å². The second kappa shape index (κ2) is 7.31. The van der Waals surface area contributed by atoms with E-state index in [1.54, 1.807) is 7.11 Å². The average Bonchev–Trinajstić information content (AvgIpc) is 2.39. The van der Waals surface area contributed by atoms with Crippen molar-refractivity contribution in [3.05, 3.63) is 0 Å². The predicted octanol–water partition coefficient (Wildman–Crippen LogP) is 0.977. The Bertz CT molecular complexity index is 208. The Morgan fingerprint density at radius 1 is 1.53 bits per heavy atom. The van der Waals surface area contributed by atoms with E-state index < -0.39 is 0 Å². The zero-order valence-electron chi connectivity index (χ0n) is 11.3. The van der Waals surface area contributed by atoms with E-state index in [2.05, 4.69) is 4.90 Å². The Hall–Kier alpha value is -0.160. The maximum Gasteiger partial charge on any atom is 0.0698 e. The topological polar surface area (TPSA) is 58.7 Å². The molecule has 0 bridgehead atoms. The normalized spacial score (nSPS) is 25.8. The second-order valence-electron chi connectivity index (χ2n) is 5.28. The van der Waals surface area contributed by atoms with Crippen molar-refractivity contribution >= 4 is 0 Å². The van der Waals surface area contributed by atoms with Crippen LogP contribution in [0, 0.1) is 0 Å². The number of ether oxygens (including phenoxy) is 1. The Labute approximate surface area is 105 Å². The predicted molar refractivity (Wildman–Crippen MR) is 70.0 cm³/mol. The molecule has 2 atom stereocenters. The van der Waals surface area contributed by atoms with Crippen LogP contribution in [0.4, 0.5) is 0 Å². The SMILES string of the molecule is CCC(N)(CO)CCCN1CCCC(OC)C1. The highest BCUT2D eigenvalue weighted by molar-refractivity contribution is 4.82. The molecule has 2 unspecified atom stereocenters. The van der Waals surface area contributed by atoms with Gasteiger partial charge < -0.3 is 20.5 Å². The molecule has 4 heteroatoms. The lowest BCUT2D eigenvalue weighted by atomic mass is 9.92. The maximum atomic E-state index is 9.24. The third kappa shape index (κ3) is 4.92. The molecule has 0 aromatic heterocycles. The fraction of sp³-hybridized carbons (Fsp3) is 1.00. The molecule has 3 N–H and O–H groups in total. The van der Waals surface area contributed by atoms with Gasteiger partial charge in [-0.2, -0.15) is 0 Å². The largest absolute Gasteiger partial charge is 0.394 e. The molecule has 1 fully saturated rings. The summed E-state index contributed by atoms with van der Waals surface area (Å²) in [6.45, 7) is 5.41. The molecule has 0 saturated carbocycles. The van der Waals surface area contributed by atoms with Gasteiger partial charge in [-0.05, 0) is 45.2 Å². The van der Waals surface area contributed by atoms with Crippen molar-refractivity contribution < 1.29 is 9.84 Å². The van der Waals surface area contributed by atoms with E-state index in [9.17, 15) is 5.11 Å². The molecule has 0 aliphatic carbocycles. The van der Waals surface area contributed by atoms with Gasteiger partial charge in [0, 0.05) is 19.2 Å². The summed E-state index contributed by atoms with van der Waals surface area (Å²) < 4.78 is 5.40. The summed E-state index contributed by atoms with van der Waals surface area (Å²) in [5.74, 6) is 0. The van der Waals surface area contributed by atoms with Crippen molar-refractivity contribution in [1.82, 2.24) is 4.90 Å². The molecule has 102 valence electrons. The average molecular weight is 244 g/mol. The van der Waals surface area contributed by atoms with Gasteiger partial charge in [0.1, 0.15) is 0 Å². The molecular formula is C13H28N2O2. The maximum absolute atomic E-state index is 9.24. The number of aliphatic hydroxyl groups excluding tert-OH is 1. The highest BCUT2D eigenvalue weighted by Gasteiger charge is 2.23. The zero-order valence-corrected chi connectivity index (χ0v) is 11.3. The van der Waals surface area contributed by atoms with E-state index in [0.717, 1.165) is 32.4 Å². The van der Waals surface area contributed by atoms with Gasteiger partial charge in [0.15, 0.2) is 0 Å². The fourth-order valence-electron chi connectivity index (χ4n) is 2.43. The first-order chi connectivity index (χ1) is 8.13. The van der Waals surface area contributed by atoms with Crippen LogP contribution in [0.2, 0.25) is 0 Å². The van der Waals surface area contributed by atoms with Crippen LogP contribution in [0.3, 0.4) is 0 Å². The lowest BCUT2D eigenvalue weighted by Gasteiger charge is -2.33. The monoisotopic (exact) mass is 244 g/mol. The third-order valence-electron chi connectivity index (χ3n) is 3.96. The summed E-state index contributed by atoms with van der Waals surface area (Å²) >= 11 is 0. The minimum Gasteiger partial charge on any atom is -0.394 e. The van der Waals surface area contributed by atoms with Crippen molar-refractivity contribution in [3.8, 4) is 0 Å². The van der Waals surface area contributed by atoms with Gasteiger partial charge in [-0.15, -0.1) is 0 Å². The van der Waals surface area contributed by atoms with Crippen LogP contribution in [-0.4, -0.2) is 55.0 Å². The van der Waals surface area contributed by atoms with Gasteiger partial charge in [0.2, 0.25) is 0 Å². The van der Waals surface area contributed by atoms with Gasteiger partial charge in [-0.3, -0.25) is 0 Å². The summed E-state index contributed by atoms with van der Waals surface area (Å²) in [4.78, 5) is 2.45. The van der Waals surface area contributed by atoms with Crippen molar-refractivity contribution in [2.45, 2.75) is 50.7 Å². The highest BCUT2D eigenvalue weighted by atomic mass is 16.5. The number of nitrogens with two attached hydrogens (primary N) is 1. The standard InChI is InChI=1S/C13H28N2O2/c1-3-13(14,11-16)7-5-9-15-8-4-6-12(10-15)17-2/h12,16H,3-11,14H2,1-2H3. The van der Waals surface area contributed by atoms with Crippen LogP contribution in [0.5, 0.6) is 0 Å². The van der Waals surface area contributed by atoms with Crippen LogP contribution in [0.1, 0.15) is 39.0 Å². The summed E-state index contributed by atoms with van der Waals surface area (Å²) in [5, 5.41) is 9.24. The number of likely N-dealkylation sites (tertiary alicyclic amines) is 1.